The van der Waals surface area contributed by atoms with Gasteiger partial charge in [-0.2, -0.15) is 0 Å². The molecule has 2 heterocycles. The van der Waals surface area contributed by atoms with Crippen LogP contribution in [0.25, 0.3) is 10.9 Å². The van der Waals surface area contributed by atoms with E-state index < -0.39 is 0 Å². The Morgan fingerprint density at radius 1 is 1.27 bits per heavy atom. The molecule has 7 nitrogen and oxygen atoms in total. The summed E-state index contributed by atoms with van der Waals surface area (Å²) in [7, 11) is 1.60. The molecule has 1 aliphatic heterocycles. The van der Waals surface area contributed by atoms with Crippen LogP contribution in [0.1, 0.15) is 6.42 Å². The lowest BCUT2D eigenvalue weighted by Crippen LogP contribution is -2.37. The van der Waals surface area contributed by atoms with E-state index in [-0.39, 0.29) is 17.2 Å². The Morgan fingerprint density at radius 2 is 2.04 bits per heavy atom. The van der Waals surface area contributed by atoms with Gasteiger partial charge in [-0.15, -0.1) is 0 Å². The second-order valence-electron chi connectivity index (χ2n) is 6.14. The second-order valence-corrected chi connectivity index (χ2v) is 7.08. The van der Waals surface area contributed by atoms with Crippen LogP contribution in [-0.2, 0) is 16.1 Å². The monoisotopic (exact) mass is 376 g/mol. The Balaban J connectivity index is 1.79. The maximum atomic E-state index is 12.9. The van der Waals surface area contributed by atoms with E-state index in [2.05, 4.69) is 15.2 Å². The minimum atomic E-state index is -0.0859. The Kier molecular flexibility index (Phi) is 6.65. The van der Waals surface area contributed by atoms with Crippen molar-refractivity contribution >= 4 is 28.6 Å². The standard InChI is InChI=1S/C18H24N4O3S/c1-19-16(23)13-26-18-20-15-6-3-2-5-14(15)17(24)22(18)8-4-7-21-9-11-25-12-10-21/h2-3,5-6H,4,7-13H2,1H3,(H,19,23). The molecule has 1 N–H and O–H groups in total. The van der Waals surface area contributed by atoms with Crippen molar-refractivity contribution in [2.45, 2.75) is 18.1 Å². The Hall–Kier alpha value is -1.90. The third-order valence-corrected chi connectivity index (χ3v) is 5.37. The number of fused-ring (bicyclic) bond motifs is 1. The Morgan fingerprint density at radius 3 is 2.81 bits per heavy atom. The van der Waals surface area contributed by atoms with E-state index in [9.17, 15) is 9.59 Å². The number of hydrogen-bond donors (Lipinski definition) is 1. The van der Waals surface area contributed by atoms with E-state index >= 15 is 0 Å². The highest BCUT2D eigenvalue weighted by Crippen LogP contribution is 2.18. The topological polar surface area (TPSA) is 76.5 Å². The van der Waals surface area contributed by atoms with Crippen LogP contribution in [0.5, 0.6) is 0 Å². The van der Waals surface area contributed by atoms with Crippen molar-refractivity contribution in [1.29, 1.82) is 0 Å². The van der Waals surface area contributed by atoms with Crippen molar-refractivity contribution in [1.82, 2.24) is 19.8 Å². The normalized spacial score (nSPS) is 15.3. The number of benzene rings is 1. The van der Waals surface area contributed by atoms with Crippen LogP contribution in [0.15, 0.2) is 34.2 Å². The Bertz CT molecular complexity index is 818. The molecule has 1 fully saturated rings. The van der Waals surface area contributed by atoms with Crippen LogP contribution in [0.2, 0.25) is 0 Å². The fourth-order valence-electron chi connectivity index (χ4n) is 2.93. The summed E-state index contributed by atoms with van der Waals surface area (Å²) in [5, 5.41) is 3.81. The van der Waals surface area contributed by atoms with Crippen LogP contribution in [0.4, 0.5) is 0 Å². The smallest absolute Gasteiger partial charge is 0.262 e. The van der Waals surface area contributed by atoms with Crippen molar-refractivity contribution in [3.05, 3.63) is 34.6 Å². The molecule has 3 rings (SSSR count). The predicted molar refractivity (Wildman–Crippen MR) is 103 cm³/mol. The van der Waals surface area contributed by atoms with Gasteiger partial charge in [0.15, 0.2) is 5.16 Å². The number of carbonyl (C=O) groups is 1. The lowest BCUT2D eigenvalue weighted by molar-refractivity contribution is -0.118. The van der Waals surface area contributed by atoms with Gasteiger partial charge in [0.1, 0.15) is 0 Å². The van der Waals surface area contributed by atoms with Gasteiger partial charge in [-0.3, -0.25) is 19.1 Å². The number of nitrogens with zero attached hydrogens (tertiary/aromatic N) is 3. The number of para-hydroxylation sites is 1. The molecular formula is C18H24N4O3S. The summed E-state index contributed by atoms with van der Waals surface area (Å²) in [6.07, 6.45) is 0.855. The van der Waals surface area contributed by atoms with Gasteiger partial charge in [0.25, 0.3) is 5.56 Å². The zero-order valence-electron chi connectivity index (χ0n) is 14.9. The summed E-state index contributed by atoms with van der Waals surface area (Å²) in [4.78, 5) is 31.5. The first-order valence-electron chi connectivity index (χ1n) is 8.82. The van der Waals surface area contributed by atoms with Gasteiger partial charge in [-0.1, -0.05) is 23.9 Å². The molecule has 1 aromatic carbocycles. The van der Waals surface area contributed by atoms with E-state index in [0.29, 0.717) is 22.6 Å². The average molecular weight is 376 g/mol. The number of amides is 1. The number of ether oxygens (including phenoxy) is 1. The van der Waals surface area contributed by atoms with E-state index in [1.54, 1.807) is 17.7 Å². The second kappa shape index (κ2) is 9.16. The molecule has 140 valence electrons. The van der Waals surface area contributed by atoms with Gasteiger partial charge >= 0.3 is 0 Å². The number of morpholine rings is 1. The molecule has 0 radical (unpaired) electrons. The molecule has 2 aromatic rings. The number of aromatic nitrogens is 2. The lowest BCUT2D eigenvalue weighted by Gasteiger charge is -2.26. The molecule has 1 amide bonds. The summed E-state index contributed by atoms with van der Waals surface area (Å²) in [6, 6.07) is 7.35. The third kappa shape index (κ3) is 4.63. The number of hydrogen-bond acceptors (Lipinski definition) is 6. The van der Waals surface area contributed by atoms with Crippen molar-refractivity contribution in [2.24, 2.45) is 0 Å². The molecule has 0 atom stereocenters. The summed E-state index contributed by atoms with van der Waals surface area (Å²) in [5.41, 5.74) is 0.623. The number of nitrogens with one attached hydrogen (secondary N) is 1. The highest BCUT2D eigenvalue weighted by Gasteiger charge is 2.14. The van der Waals surface area contributed by atoms with Gasteiger partial charge in [-0.25, -0.2) is 4.98 Å². The maximum Gasteiger partial charge on any atom is 0.262 e. The van der Waals surface area contributed by atoms with Crippen LogP contribution >= 0.6 is 11.8 Å². The molecule has 26 heavy (non-hydrogen) atoms. The predicted octanol–water partition coefficient (Wildman–Crippen LogP) is 0.957. The molecule has 8 heteroatoms. The molecule has 0 aliphatic carbocycles. The maximum absolute atomic E-state index is 12.9. The quantitative estimate of drug-likeness (QED) is 0.573. The highest BCUT2D eigenvalue weighted by molar-refractivity contribution is 7.99. The van der Waals surface area contributed by atoms with Gasteiger partial charge in [0, 0.05) is 33.2 Å². The van der Waals surface area contributed by atoms with E-state index in [4.69, 9.17) is 4.74 Å². The molecule has 1 saturated heterocycles. The van der Waals surface area contributed by atoms with E-state index in [0.717, 1.165) is 39.3 Å². The molecule has 1 aliphatic rings. The molecule has 0 saturated carbocycles. The van der Waals surface area contributed by atoms with Crippen molar-refractivity contribution in [3.8, 4) is 0 Å². The first-order valence-corrected chi connectivity index (χ1v) is 9.80. The summed E-state index contributed by atoms with van der Waals surface area (Å²) >= 11 is 1.30. The summed E-state index contributed by atoms with van der Waals surface area (Å²) in [6.45, 7) is 4.91. The van der Waals surface area contributed by atoms with Crippen molar-refractivity contribution < 1.29 is 9.53 Å². The highest BCUT2D eigenvalue weighted by atomic mass is 32.2. The minimum Gasteiger partial charge on any atom is -0.379 e. The first-order chi connectivity index (χ1) is 12.7. The van der Waals surface area contributed by atoms with Gasteiger partial charge < -0.3 is 10.1 Å². The summed E-state index contributed by atoms with van der Waals surface area (Å²) < 4.78 is 7.07. The molecule has 0 unspecified atom stereocenters. The number of rotatable bonds is 7. The van der Waals surface area contributed by atoms with Crippen LogP contribution in [-0.4, -0.2) is 66.0 Å². The first kappa shape index (κ1) is 18.9. The fourth-order valence-corrected chi connectivity index (χ4v) is 3.83. The van der Waals surface area contributed by atoms with Crippen molar-refractivity contribution in [3.63, 3.8) is 0 Å². The molecular weight excluding hydrogens is 352 g/mol. The number of carbonyl (C=O) groups excluding carboxylic acids is 1. The minimum absolute atomic E-state index is 0.0445. The van der Waals surface area contributed by atoms with Crippen LogP contribution < -0.4 is 10.9 Å². The molecule has 0 spiro atoms. The zero-order chi connectivity index (χ0) is 18.4. The average Bonchev–Trinajstić information content (AvgIpc) is 2.69. The molecule has 0 bridgehead atoms. The lowest BCUT2D eigenvalue weighted by atomic mass is 10.2. The SMILES string of the molecule is CNC(=O)CSc1nc2ccccc2c(=O)n1CCCN1CCOCC1. The third-order valence-electron chi connectivity index (χ3n) is 4.40. The zero-order valence-corrected chi connectivity index (χ0v) is 15.8. The van der Waals surface area contributed by atoms with Crippen LogP contribution in [0, 0.1) is 0 Å². The van der Waals surface area contributed by atoms with Gasteiger partial charge in [0.05, 0.1) is 29.9 Å². The van der Waals surface area contributed by atoms with Gasteiger partial charge in [-0.05, 0) is 18.6 Å². The Labute approximate surface area is 156 Å². The van der Waals surface area contributed by atoms with Crippen LogP contribution in [0.3, 0.4) is 0 Å². The number of thioether (sulfide) groups is 1. The largest absolute Gasteiger partial charge is 0.379 e. The van der Waals surface area contributed by atoms with E-state index in [1.807, 2.05) is 18.2 Å². The fraction of sp³-hybridized carbons (Fsp3) is 0.500. The van der Waals surface area contributed by atoms with Crippen molar-refractivity contribution in [2.75, 3.05) is 45.6 Å². The van der Waals surface area contributed by atoms with E-state index in [1.165, 1.54) is 11.8 Å². The molecule has 1 aromatic heterocycles. The summed E-state index contributed by atoms with van der Waals surface area (Å²) in [5.74, 6) is 0.155. The van der Waals surface area contributed by atoms with Gasteiger partial charge in [0.2, 0.25) is 5.91 Å².